The maximum atomic E-state index is 12.0. The molecule has 2 aromatic rings. The number of nitrogens with two attached hydrogens (primary N) is 2. The molecule has 0 fully saturated rings. The largest absolute Gasteiger partial charge is 0.422 e. The van der Waals surface area contributed by atoms with Crippen LogP contribution < -0.4 is 17.2 Å². The lowest BCUT2D eigenvalue weighted by Crippen LogP contribution is -2.18. The minimum Gasteiger partial charge on any atom is -0.422 e. The topological polar surface area (TPSA) is 112 Å². The van der Waals surface area contributed by atoms with Gasteiger partial charge in [0.2, 0.25) is 0 Å². The molecule has 0 atom stereocenters. The van der Waals surface area contributed by atoms with Crippen molar-refractivity contribution in [3.8, 4) is 0 Å². The van der Waals surface area contributed by atoms with E-state index < -0.39 is 11.4 Å². The third kappa shape index (κ3) is 3.20. The van der Waals surface area contributed by atoms with Gasteiger partial charge in [0.1, 0.15) is 11.1 Å². The second-order valence-corrected chi connectivity index (χ2v) is 5.72. The number of rotatable bonds is 3. The Labute approximate surface area is 126 Å². The molecule has 0 saturated heterocycles. The van der Waals surface area contributed by atoms with E-state index in [1.54, 1.807) is 18.2 Å². The predicted octanol–water partition coefficient (Wildman–Crippen LogP) is 1.66. The number of hydrogen-bond donors (Lipinski definition) is 2. The molecule has 1 aromatic heterocycles. The maximum absolute atomic E-state index is 12.0. The Bertz CT molecular complexity index is 757. The van der Waals surface area contributed by atoms with Crippen molar-refractivity contribution in [3.63, 3.8) is 0 Å². The van der Waals surface area contributed by atoms with Gasteiger partial charge in [-0.1, -0.05) is 27.7 Å². The van der Waals surface area contributed by atoms with E-state index in [0.29, 0.717) is 11.0 Å². The molecular weight excluding hydrogens is 346 g/mol. The Morgan fingerprint density at radius 1 is 1.40 bits per heavy atom. The molecule has 8 heteroatoms. The van der Waals surface area contributed by atoms with Gasteiger partial charge in [0.15, 0.2) is 11.0 Å². The standard InChI is InChI=1S/C12H10BrN3O3S/c13-7-1-2-10-6(3-7)4-8(11(18)19-10)9(17)5-20-12(14)16-15/h1-4H,5,15H2,(H2,14,16). The van der Waals surface area contributed by atoms with Crippen molar-refractivity contribution in [2.45, 2.75) is 0 Å². The van der Waals surface area contributed by atoms with E-state index >= 15 is 0 Å². The van der Waals surface area contributed by atoms with E-state index in [2.05, 4.69) is 21.0 Å². The summed E-state index contributed by atoms with van der Waals surface area (Å²) in [6, 6.07) is 6.67. The van der Waals surface area contributed by atoms with E-state index in [4.69, 9.17) is 16.0 Å². The summed E-state index contributed by atoms with van der Waals surface area (Å²) in [4.78, 5) is 23.7. The Kier molecular flexibility index (Phi) is 4.46. The fourth-order valence-electron chi connectivity index (χ4n) is 1.54. The van der Waals surface area contributed by atoms with Gasteiger partial charge in [0, 0.05) is 9.86 Å². The highest BCUT2D eigenvalue weighted by atomic mass is 79.9. The Hall–Kier alpha value is -1.80. The quantitative estimate of drug-likeness (QED) is 0.216. The number of ketones is 1. The first-order valence-electron chi connectivity index (χ1n) is 5.44. The van der Waals surface area contributed by atoms with E-state index in [-0.39, 0.29) is 16.5 Å². The van der Waals surface area contributed by atoms with Gasteiger partial charge >= 0.3 is 5.63 Å². The summed E-state index contributed by atoms with van der Waals surface area (Å²) in [5.41, 5.74) is 5.10. The highest BCUT2D eigenvalue weighted by Crippen LogP contribution is 2.19. The van der Waals surface area contributed by atoms with Crippen molar-refractivity contribution in [2.24, 2.45) is 16.7 Å². The second-order valence-electron chi connectivity index (χ2n) is 3.81. The van der Waals surface area contributed by atoms with E-state index in [0.717, 1.165) is 16.2 Å². The monoisotopic (exact) mass is 355 g/mol. The van der Waals surface area contributed by atoms with Crippen molar-refractivity contribution in [3.05, 3.63) is 44.7 Å². The minimum atomic E-state index is -0.673. The predicted molar refractivity (Wildman–Crippen MR) is 82.8 cm³/mol. The first kappa shape index (κ1) is 14.6. The average Bonchev–Trinajstić information content (AvgIpc) is 2.44. The fraction of sp³-hybridized carbons (Fsp3) is 0.0833. The number of fused-ring (bicyclic) bond motifs is 1. The van der Waals surface area contributed by atoms with Crippen LogP contribution in [-0.2, 0) is 0 Å². The summed E-state index contributed by atoms with van der Waals surface area (Å²) < 4.78 is 5.93. The molecule has 0 aliphatic heterocycles. The van der Waals surface area contributed by atoms with Gasteiger partial charge in [-0.05, 0) is 24.3 Å². The number of nitrogens with zero attached hydrogens (tertiary/aromatic N) is 1. The normalized spacial score (nSPS) is 11.8. The van der Waals surface area contributed by atoms with Gasteiger partial charge in [-0.2, -0.15) is 5.10 Å². The fourth-order valence-corrected chi connectivity index (χ4v) is 2.43. The molecule has 20 heavy (non-hydrogen) atoms. The van der Waals surface area contributed by atoms with Gasteiger partial charge in [-0.15, -0.1) is 0 Å². The SMILES string of the molecule is N/N=C(\N)SCC(=O)c1cc2cc(Br)ccc2oc1=O. The number of thioether (sulfide) groups is 1. The lowest BCUT2D eigenvalue weighted by Gasteiger charge is -2.02. The second kappa shape index (κ2) is 6.10. The molecule has 1 heterocycles. The van der Waals surface area contributed by atoms with Crippen molar-refractivity contribution < 1.29 is 9.21 Å². The zero-order chi connectivity index (χ0) is 14.7. The molecule has 0 unspecified atom stereocenters. The molecule has 0 aliphatic rings. The van der Waals surface area contributed by atoms with Crippen LogP contribution in [-0.4, -0.2) is 16.7 Å². The first-order valence-corrected chi connectivity index (χ1v) is 7.22. The molecule has 6 nitrogen and oxygen atoms in total. The van der Waals surface area contributed by atoms with Crippen molar-refractivity contribution in [1.29, 1.82) is 0 Å². The number of benzene rings is 1. The highest BCUT2D eigenvalue weighted by Gasteiger charge is 2.14. The molecule has 0 saturated carbocycles. The van der Waals surface area contributed by atoms with Crippen LogP contribution in [0, 0.1) is 0 Å². The van der Waals surface area contributed by atoms with Crippen LogP contribution in [0.25, 0.3) is 11.0 Å². The summed E-state index contributed by atoms with van der Waals surface area (Å²) in [5.74, 6) is 4.54. The van der Waals surface area contributed by atoms with Gasteiger partial charge in [0.25, 0.3) is 0 Å². The molecule has 0 spiro atoms. The van der Waals surface area contributed by atoms with Gasteiger partial charge in [-0.3, -0.25) is 4.79 Å². The van der Waals surface area contributed by atoms with Crippen LogP contribution in [0.5, 0.6) is 0 Å². The molecule has 0 bridgehead atoms. The highest BCUT2D eigenvalue weighted by molar-refractivity contribution is 9.10. The van der Waals surface area contributed by atoms with Crippen LogP contribution in [0.4, 0.5) is 0 Å². The van der Waals surface area contributed by atoms with Gasteiger partial charge in [-0.25, -0.2) is 4.79 Å². The number of carbonyl (C=O) groups excluding carboxylic acids is 1. The minimum absolute atomic E-state index is 0.0204. The third-order valence-electron chi connectivity index (χ3n) is 2.47. The van der Waals surface area contributed by atoms with E-state index in [1.807, 2.05) is 0 Å². The molecular formula is C12H10BrN3O3S. The average molecular weight is 356 g/mol. The smallest absolute Gasteiger partial charge is 0.347 e. The van der Waals surface area contributed by atoms with Crippen molar-refractivity contribution >= 4 is 49.6 Å². The molecule has 4 N–H and O–H groups in total. The lowest BCUT2D eigenvalue weighted by molar-refractivity contribution is 0.101. The maximum Gasteiger partial charge on any atom is 0.347 e. The van der Waals surface area contributed by atoms with E-state index in [1.165, 1.54) is 6.07 Å². The third-order valence-corrected chi connectivity index (χ3v) is 3.77. The summed E-state index contributed by atoms with van der Waals surface area (Å²) in [7, 11) is 0. The van der Waals surface area contributed by atoms with Gasteiger partial charge < -0.3 is 16.0 Å². The summed E-state index contributed by atoms with van der Waals surface area (Å²) in [5, 5.41) is 3.97. The molecule has 0 radical (unpaired) electrons. The number of Topliss-reactive ketones (excluding diaryl/α,β-unsaturated/α-hetero) is 1. The molecule has 104 valence electrons. The summed E-state index contributed by atoms with van der Waals surface area (Å²) >= 11 is 4.28. The van der Waals surface area contributed by atoms with Gasteiger partial charge in [0.05, 0.1) is 5.75 Å². The van der Waals surface area contributed by atoms with Crippen LogP contribution in [0.2, 0.25) is 0 Å². The number of halogens is 1. The van der Waals surface area contributed by atoms with Crippen molar-refractivity contribution in [2.75, 3.05) is 5.75 Å². The van der Waals surface area contributed by atoms with Crippen LogP contribution in [0.15, 0.2) is 43.1 Å². The Morgan fingerprint density at radius 2 is 2.15 bits per heavy atom. The van der Waals surface area contributed by atoms with Crippen molar-refractivity contribution in [1.82, 2.24) is 0 Å². The van der Waals surface area contributed by atoms with Crippen LogP contribution in [0.3, 0.4) is 0 Å². The summed E-state index contributed by atoms with van der Waals surface area (Å²) in [6.45, 7) is 0. The van der Waals surface area contributed by atoms with E-state index in [9.17, 15) is 9.59 Å². The Balaban J connectivity index is 2.36. The number of hydrazone groups is 1. The molecule has 0 aliphatic carbocycles. The zero-order valence-electron chi connectivity index (χ0n) is 10.1. The number of amidine groups is 1. The Morgan fingerprint density at radius 3 is 2.85 bits per heavy atom. The molecule has 0 amide bonds. The zero-order valence-corrected chi connectivity index (χ0v) is 12.5. The number of carbonyl (C=O) groups is 1. The molecule has 1 aromatic carbocycles. The molecule has 2 rings (SSSR count). The van der Waals surface area contributed by atoms with Crippen LogP contribution in [0.1, 0.15) is 10.4 Å². The van der Waals surface area contributed by atoms with Crippen LogP contribution >= 0.6 is 27.7 Å². The lowest BCUT2D eigenvalue weighted by atomic mass is 10.1. The first-order chi connectivity index (χ1) is 9.51. The summed E-state index contributed by atoms with van der Waals surface area (Å²) in [6.07, 6.45) is 0. The number of hydrogen-bond acceptors (Lipinski definition) is 6.